The number of allylic oxidation sites excluding steroid dienone is 3. The van der Waals surface area contributed by atoms with E-state index in [0.29, 0.717) is 0 Å². The molecule has 1 aliphatic rings. The van der Waals surface area contributed by atoms with Crippen LogP contribution in [0.25, 0.3) is 0 Å². The molecule has 0 saturated heterocycles. The average Bonchev–Trinajstić information content (AvgIpc) is 2.29. The van der Waals surface area contributed by atoms with Crippen molar-refractivity contribution in [3.63, 3.8) is 0 Å². The van der Waals surface area contributed by atoms with Gasteiger partial charge in [0.2, 0.25) is 0 Å². The van der Waals surface area contributed by atoms with Crippen molar-refractivity contribution in [2.45, 2.75) is 25.4 Å². The van der Waals surface area contributed by atoms with Gasteiger partial charge in [0.15, 0.2) is 0 Å². The molecular weight excluding hydrogens is 284 g/mol. The first-order valence-corrected chi connectivity index (χ1v) is 5.75. The number of rotatable bonds is 4. The topological polar surface area (TPSA) is 130 Å². The Hall–Kier alpha value is -2.45. The van der Waals surface area contributed by atoms with Crippen LogP contribution < -0.4 is 0 Å². The lowest BCUT2D eigenvalue weighted by Gasteiger charge is -2.38. The highest BCUT2D eigenvalue weighted by Crippen LogP contribution is 2.34. The Labute approximate surface area is 119 Å². The summed E-state index contributed by atoms with van der Waals surface area (Å²) in [4.78, 5) is 32.5. The van der Waals surface area contributed by atoms with Gasteiger partial charge in [0, 0.05) is 26.0 Å². The summed E-state index contributed by atoms with van der Waals surface area (Å²) in [6.45, 7) is 1.97. The van der Waals surface area contributed by atoms with Crippen LogP contribution in [0.2, 0.25) is 0 Å². The molecular formula is C13H14O8. The van der Waals surface area contributed by atoms with E-state index in [0.717, 1.165) is 38.2 Å². The number of carboxylic acids is 1. The summed E-state index contributed by atoms with van der Waals surface area (Å²) in [7, 11) is 0. The van der Waals surface area contributed by atoms with Gasteiger partial charge in [0.1, 0.15) is 0 Å². The van der Waals surface area contributed by atoms with E-state index in [1.165, 1.54) is 6.08 Å². The predicted molar refractivity (Wildman–Crippen MR) is 67.4 cm³/mol. The Morgan fingerprint density at radius 3 is 2.10 bits per heavy atom. The zero-order valence-corrected chi connectivity index (χ0v) is 11.3. The SMILES string of the molecule is CC(=O)OC1(O)C=CC(/C=C/C(=O)O)=CC1(O)OC(C)=O. The van der Waals surface area contributed by atoms with Crippen molar-refractivity contribution in [2.24, 2.45) is 0 Å². The first-order chi connectivity index (χ1) is 9.58. The molecule has 21 heavy (non-hydrogen) atoms. The molecule has 114 valence electrons. The number of aliphatic hydroxyl groups is 2. The van der Waals surface area contributed by atoms with Crippen LogP contribution in [-0.4, -0.2) is 44.8 Å². The van der Waals surface area contributed by atoms with Crippen LogP contribution in [0.1, 0.15) is 13.8 Å². The van der Waals surface area contributed by atoms with Crippen LogP contribution in [0.15, 0.2) is 36.0 Å². The smallest absolute Gasteiger partial charge is 0.328 e. The quantitative estimate of drug-likeness (QED) is 0.364. The number of carboxylic acid groups (broad SMARTS) is 1. The molecule has 0 radical (unpaired) electrons. The van der Waals surface area contributed by atoms with E-state index in [4.69, 9.17) is 5.11 Å². The largest absolute Gasteiger partial charge is 0.478 e. The zero-order chi connectivity index (χ0) is 16.3. The van der Waals surface area contributed by atoms with E-state index in [1.807, 2.05) is 0 Å². The van der Waals surface area contributed by atoms with Crippen LogP contribution >= 0.6 is 0 Å². The van der Waals surface area contributed by atoms with Gasteiger partial charge in [-0.15, -0.1) is 0 Å². The maximum atomic E-state index is 11.1. The Morgan fingerprint density at radius 1 is 1.10 bits per heavy atom. The maximum absolute atomic E-state index is 11.1. The average molecular weight is 298 g/mol. The molecule has 8 nitrogen and oxygen atoms in total. The Bertz CT molecular complexity index is 559. The molecule has 0 saturated carbocycles. The molecule has 3 N–H and O–H groups in total. The lowest BCUT2D eigenvalue weighted by molar-refractivity contribution is -0.318. The molecule has 2 unspecified atom stereocenters. The fourth-order valence-electron chi connectivity index (χ4n) is 1.63. The third kappa shape index (κ3) is 4.01. The summed E-state index contributed by atoms with van der Waals surface area (Å²) in [5.74, 6) is -8.41. The van der Waals surface area contributed by atoms with E-state index < -0.39 is 29.5 Å². The molecule has 1 aliphatic carbocycles. The van der Waals surface area contributed by atoms with Crippen molar-refractivity contribution in [3.8, 4) is 0 Å². The number of aliphatic carboxylic acids is 1. The molecule has 0 amide bonds. The number of ether oxygens (including phenoxy) is 2. The van der Waals surface area contributed by atoms with Gasteiger partial charge in [-0.3, -0.25) is 9.59 Å². The number of esters is 2. The van der Waals surface area contributed by atoms with Crippen LogP contribution in [0.5, 0.6) is 0 Å². The van der Waals surface area contributed by atoms with Gasteiger partial charge in [-0.25, -0.2) is 4.79 Å². The van der Waals surface area contributed by atoms with Gasteiger partial charge in [0.25, 0.3) is 0 Å². The Kier molecular flexibility index (Phi) is 4.66. The van der Waals surface area contributed by atoms with Crippen molar-refractivity contribution in [2.75, 3.05) is 0 Å². The van der Waals surface area contributed by atoms with Gasteiger partial charge in [-0.05, 0) is 17.7 Å². The lowest BCUT2D eigenvalue weighted by Crippen LogP contribution is -2.58. The summed E-state index contributed by atoms with van der Waals surface area (Å²) in [5.41, 5.74) is 0.123. The van der Waals surface area contributed by atoms with E-state index >= 15 is 0 Å². The number of hydrogen-bond acceptors (Lipinski definition) is 7. The monoisotopic (exact) mass is 298 g/mol. The minimum absolute atomic E-state index is 0.123. The molecule has 0 aliphatic heterocycles. The number of carbonyl (C=O) groups is 3. The molecule has 1 rings (SSSR count). The summed E-state index contributed by atoms with van der Waals surface area (Å²) in [5, 5.41) is 29.0. The summed E-state index contributed by atoms with van der Waals surface area (Å²) in [6, 6.07) is 0. The molecule has 0 heterocycles. The van der Waals surface area contributed by atoms with Gasteiger partial charge in [0.05, 0.1) is 0 Å². The van der Waals surface area contributed by atoms with Crippen molar-refractivity contribution >= 4 is 17.9 Å². The second-order valence-electron chi connectivity index (χ2n) is 4.23. The van der Waals surface area contributed by atoms with Crippen molar-refractivity contribution in [3.05, 3.63) is 36.0 Å². The minimum atomic E-state index is -2.68. The van der Waals surface area contributed by atoms with Crippen LogP contribution in [0, 0.1) is 0 Å². The Morgan fingerprint density at radius 2 is 1.62 bits per heavy atom. The summed E-state index contributed by atoms with van der Waals surface area (Å²) >= 11 is 0. The van der Waals surface area contributed by atoms with Crippen molar-refractivity contribution in [1.82, 2.24) is 0 Å². The van der Waals surface area contributed by atoms with Gasteiger partial charge in [-0.1, -0.05) is 6.08 Å². The second-order valence-corrected chi connectivity index (χ2v) is 4.23. The number of carbonyl (C=O) groups excluding carboxylic acids is 2. The molecule has 0 aromatic carbocycles. The van der Waals surface area contributed by atoms with Gasteiger partial charge in [-0.2, -0.15) is 0 Å². The van der Waals surface area contributed by atoms with E-state index in [1.54, 1.807) is 0 Å². The van der Waals surface area contributed by atoms with Crippen molar-refractivity contribution < 1.29 is 39.2 Å². The molecule has 0 bridgehead atoms. The minimum Gasteiger partial charge on any atom is -0.478 e. The molecule has 0 aromatic rings. The molecule has 8 heteroatoms. The molecule has 0 aromatic heterocycles. The van der Waals surface area contributed by atoms with Crippen LogP contribution in [-0.2, 0) is 23.9 Å². The third-order valence-electron chi connectivity index (χ3n) is 2.39. The number of hydrogen-bond donors (Lipinski definition) is 3. The highest BCUT2D eigenvalue weighted by atomic mass is 16.7. The van der Waals surface area contributed by atoms with Gasteiger partial charge >= 0.3 is 29.5 Å². The zero-order valence-electron chi connectivity index (χ0n) is 11.3. The lowest BCUT2D eigenvalue weighted by atomic mass is 9.95. The van der Waals surface area contributed by atoms with Gasteiger partial charge < -0.3 is 24.8 Å². The summed E-state index contributed by atoms with van der Waals surface area (Å²) < 4.78 is 9.20. The first kappa shape index (κ1) is 16.6. The maximum Gasteiger partial charge on any atom is 0.328 e. The van der Waals surface area contributed by atoms with Crippen molar-refractivity contribution in [1.29, 1.82) is 0 Å². The predicted octanol–water partition coefficient (Wildman–Crippen LogP) is -0.373. The molecule has 0 fully saturated rings. The molecule has 2 atom stereocenters. The molecule has 0 spiro atoms. The third-order valence-corrected chi connectivity index (χ3v) is 2.39. The highest BCUT2D eigenvalue weighted by molar-refractivity contribution is 5.80. The van der Waals surface area contributed by atoms with Crippen LogP contribution in [0.4, 0.5) is 0 Å². The van der Waals surface area contributed by atoms with E-state index in [-0.39, 0.29) is 5.57 Å². The van der Waals surface area contributed by atoms with E-state index in [2.05, 4.69) is 9.47 Å². The highest BCUT2D eigenvalue weighted by Gasteiger charge is 2.54. The summed E-state index contributed by atoms with van der Waals surface area (Å²) in [6.07, 6.45) is 4.80. The fourth-order valence-corrected chi connectivity index (χ4v) is 1.63. The second kappa shape index (κ2) is 5.90. The fraction of sp³-hybridized carbons (Fsp3) is 0.308. The van der Waals surface area contributed by atoms with E-state index in [9.17, 15) is 24.6 Å². The van der Waals surface area contributed by atoms with Crippen LogP contribution in [0.3, 0.4) is 0 Å². The standard InChI is InChI=1S/C13H14O8/c1-8(14)20-12(18)6-5-10(3-4-11(16)17)7-13(12,19)21-9(2)15/h3-7,18-19H,1-2H3,(H,16,17)/b4-3+. The normalized spacial score (nSPS) is 28.1. The first-order valence-electron chi connectivity index (χ1n) is 5.75. The Balaban J connectivity index is 3.22.